The van der Waals surface area contributed by atoms with Crippen LogP contribution < -0.4 is 11.2 Å². The molecular formula is C13H19F3N6. The summed E-state index contributed by atoms with van der Waals surface area (Å²) in [5, 5.41) is 3.93. The molecular weight excluding hydrogens is 297 g/mol. The largest absolute Gasteiger partial charge is 0.433 e. The van der Waals surface area contributed by atoms with Crippen LogP contribution in [0.2, 0.25) is 0 Å². The number of piperidine rings is 1. The molecule has 1 fully saturated rings. The summed E-state index contributed by atoms with van der Waals surface area (Å²) < 4.78 is 39.9. The van der Waals surface area contributed by atoms with Crippen molar-refractivity contribution in [2.75, 3.05) is 13.1 Å². The molecule has 3 aliphatic heterocycles. The Morgan fingerprint density at radius 1 is 1.36 bits per heavy atom. The smallest absolute Gasteiger partial charge is 0.276 e. The molecule has 1 saturated heterocycles. The van der Waals surface area contributed by atoms with Crippen LogP contribution in [0.5, 0.6) is 0 Å². The van der Waals surface area contributed by atoms with Crippen molar-refractivity contribution in [2.45, 2.75) is 38.8 Å². The molecule has 9 heteroatoms. The number of nitrogens with zero attached hydrogens (tertiary/aromatic N) is 4. The first-order valence-corrected chi connectivity index (χ1v) is 7.13. The number of rotatable bonds is 1. The van der Waals surface area contributed by atoms with Crippen molar-refractivity contribution in [1.29, 1.82) is 0 Å². The van der Waals surface area contributed by atoms with E-state index >= 15 is 0 Å². The summed E-state index contributed by atoms with van der Waals surface area (Å²) in [6, 6.07) is 0. The zero-order valence-corrected chi connectivity index (χ0v) is 12.5. The number of likely N-dealkylation sites (tertiary alicyclic amines) is 1. The fraction of sp³-hybridized carbons (Fsp3) is 0.692. The molecule has 22 heavy (non-hydrogen) atoms. The number of aliphatic imine (C=N–C) groups is 1. The van der Waals surface area contributed by atoms with Crippen LogP contribution in [0.1, 0.15) is 26.7 Å². The molecule has 0 saturated carbocycles. The van der Waals surface area contributed by atoms with Gasteiger partial charge in [0.05, 0.1) is 12.4 Å². The topological polar surface area (TPSA) is 69.2 Å². The molecule has 3 N–H and O–H groups in total. The second-order valence-corrected chi connectivity index (χ2v) is 6.62. The van der Waals surface area contributed by atoms with Crippen molar-refractivity contribution >= 4 is 12.1 Å². The van der Waals surface area contributed by atoms with Crippen LogP contribution >= 0.6 is 0 Å². The Bertz CT molecular complexity index is 565. The quantitative estimate of drug-likeness (QED) is 0.767. The molecule has 0 aromatic heterocycles. The first-order chi connectivity index (χ1) is 10.1. The molecule has 3 heterocycles. The number of halogens is 3. The lowest BCUT2D eigenvalue weighted by molar-refractivity contribution is -0.133. The number of nitrogens with one attached hydrogen (secondary N) is 1. The lowest BCUT2D eigenvalue weighted by atomic mass is 9.84. The number of hydrogen-bond acceptors (Lipinski definition) is 6. The third kappa shape index (κ3) is 2.38. The SMILES string of the molecule is CC1(C)CCCN(C2(N)NN=C3C=NC=C(C(F)(F)F)N32)C1. The molecule has 1 atom stereocenters. The molecule has 1 unspecified atom stereocenters. The van der Waals surface area contributed by atoms with Crippen LogP contribution in [0.15, 0.2) is 22.0 Å². The average molecular weight is 316 g/mol. The standard InChI is InChI=1S/C13H19F3N6/c1-11(2)4-3-5-21(8-11)13(17)20-19-10-7-18-6-9(22(10)13)12(14,15)16/h6-7,20H,3-5,8,17H2,1-2H3. The molecule has 0 aromatic rings. The van der Waals surface area contributed by atoms with Crippen molar-refractivity contribution in [3.05, 3.63) is 11.9 Å². The summed E-state index contributed by atoms with van der Waals surface area (Å²) in [6.07, 6.45) is -0.623. The Balaban J connectivity index is 1.95. The van der Waals surface area contributed by atoms with Gasteiger partial charge in [0, 0.05) is 13.1 Å². The van der Waals surface area contributed by atoms with Gasteiger partial charge in [0.25, 0.3) is 0 Å². The monoisotopic (exact) mass is 316 g/mol. The summed E-state index contributed by atoms with van der Waals surface area (Å²) in [5.74, 6) is -1.46. The van der Waals surface area contributed by atoms with Gasteiger partial charge in [0.1, 0.15) is 5.70 Å². The van der Waals surface area contributed by atoms with Gasteiger partial charge in [0.15, 0.2) is 5.84 Å². The molecule has 0 amide bonds. The summed E-state index contributed by atoms with van der Waals surface area (Å²) in [5.41, 5.74) is 8.07. The van der Waals surface area contributed by atoms with Crippen LogP contribution in [0.3, 0.4) is 0 Å². The Morgan fingerprint density at radius 2 is 2.09 bits per heavy atom. The molecule has 0 radical (unpaired) electrons. The van der Waals surface area contributed by atoms with Crippen LogP contribution in [0.25, 0.3) is 0 Å². The maximum absolute atomic E-state index is 13.3. The van der Waals surface area contributed by atoms with E-state index in [1.165, 1.54) is 6.21 Å². The zero-order chi connectivity index (χ0) is 16.2. The number of nitrogens with two attached hydrogens (primary N) is 1. The molecule has 0 aliphatic carbocycles. The number of fused-ring (bicyclic) bond motifs is 1. The maximum Gasteiger partial charge on any atom is 0.433 e. The van der Waals surface area contributed by atoms with E-state index in [1.807, 2.05) is 4.90 Å². The fourth-order valence-electron chi connectivity index (χ4n) is 3.17. The highest BCUT2D eigenvalue weighted by atomic mass is 19.4. The Kier molecular flexibility index (Phi) is 3.26. The van der Waals surface area contributed by atoms with E-state index in [0.717, 1.165) is 23.9 Å². The van der Waals surface area contributed by atoms with E-state index in [0.29, 0.717) is 13.1 Å². The highest BCUT2D eigenvalue weighted by Crippen LogP contribution is 2.38. The first-order valence-electron chi connectivity index (χ1n) is 7.13. The predicted molar refractivity (Wildman–Crippen MR) is 76.5 cm³/mol. The Hall–Kier alpha value is -1.61. The fourth-order valence-corrected chi connectivity index (χ4v) is 3.17. The highest BCUT2D eigenvalue weighted by molar-refractivity contribution is 6.31. The van der Waals surface area contributed by atoms with Gasteiger partial charge in [-0.15, -0.1) is 0 Å². The Morgan fingerprint density at radius 3 is 2.73 bits per heavy atom. The highest BCUT2D eigenvalue weighted by Gasteiger charge is 2.54. The maximum atomic E-state index is 13.3. The van der Waals surface area contributed by atoms with Crippen molar-refractivity contribution in [3.8, 4) is 0 Å². The number of alkyl halides is 3. The van der Waals surface area contributed by atoms with Gasteiger partial charge in [-0.1, -0.05) is 13.8 Å². The van der Waals surface area contributed by atoms with E-state index in [-0.39, 0.29) is 11.3 Å². The van der Waals surface area contributed by atoms with Gasteiger partial charge < -0.3 is 0 Å². The first kappa shape index (κ1) is 15.3. The van der Waals surface area contributed by atoms with E-state index in [2.05, 4.69) is 29.4 Å². The van der Waals surface area contributed by atoms with Gasteiger partial charge in [0.2, 0.25) is 5.91 Å². The minimum absolute atomic E-state index is 0.0129. The van der Waals surface area contributed by atoms with Crippen LogP contribution in [0, 0.1) is 5.41 Å². The molecule has 0 spiro atoms. The van der Waals surface area contributed by atoms with Crippen molar-refractivity contribution in [2.24, 2.45) is 21.2 Å². The van der Waals surface area contributed by atoms with E-state index in [4.69, 9.17) is 5.73 Å². The lowest BCUT2D eigenvalue weighted by Crippen LogP contribution is -2.73. The molecule has 0 bridgehead atoms. The zero-order valence-electron chi connectivity index (χ0n) is 12.5. The number of hydrogen-bond donors (Lipinski definition) is 2. The van der Waals surface area contributed by atoms with Gasteiger partial charge >= 0.3 is 6.18 Å². The molecule has 122 valence electrons. The molecule has 3 rings (SSSR count). The third-order valence-corrected chi connectivity index (χ3v) is 4.21. The normalized spacial score (nSPS) is 31.5. The average Bonchev–Trinajstić information content (AvgIpc) is 2.76. The molecule has 6 nitrogen and oxygen atoms in total. The van der Waals surface area contributed by atoms with Gasteiger partial charge in [-0.2, -0.15) is 18.3 Å². The molecule has 0 aromatic carbocycles. The summed E-state index contributed by atoms with van der Waals surface area (Å²) >= 11 is 0. The van der Waals surface area contributed by atoms with Crippen molar-refractivity contribution < 1.29 is 13.2 Å². The van der Waals surface area contributed by atoms with Gasteiger partial charge in [-0.3, -0.25) is 21.1 Å². The minimum Gasteiger partial charge on any atom is -0.276 e. The minimum atomic E-state index is -4.56. The molecule has 3 aliphatic rings. The number of hydrazone groups is 1. The van der Waals surface area contributed by atoms with Crippen LogP contribution in [-0.4, -0.2) is 47.0 Å². The number of amidine groups is 1. The van der Waals surface area contributed by atoms with E-state index in [1.54, 1.807) is 0 Å². The second kappa shape index (κ2) is 4.69. The predicted octanol–water partition coefficient (Wildman–Crippen LogP) is 1.39. The Labute approximate surface area is 126 Å². The summed E-state index contributed by atoms with van der Waals surface area (Å²) in [4.78, 5) is 6.41. The third-order valence-electron chi connectivity index (χ3n) is 4.21. The summed E-state index contributed by atoms with van der Waals surface area (Å²) in [6.45, 7) is 5.35. The van der Waals surface area contributed by atoms with Gasteiger partial charge in [-0.25, -0.2) is 4.90 Å². The van der Waals surface area contributed by atoms with Crippen LogP contribution in [0.4, 0.5) is 13.2 Å². The lowest BCUT2D eigenvalue weighted by Gasteiger charge is -2.49. The van der Waals surface area contributed by atoms with Crippen molar-refractivity contribution in [3.63, 3.8) is 0 Å². The van der Waals surface area contributed by atoms with E-state index < -0.39 is 17.8 Å². The number of allylic oxidation sites excluding steroid dienone is 1. The summed E-state index contributed by atoms with van der Waals surface area (Å²) in [7, 11) is 0. The van der Waals surface area contributed by atoms with E-state index in [9.17, 15) is 13.2 Å². The van der Waals surface area contributed by atoms with Gasteiger partial charge in [-0.05, 0) is 18.3 Å². The second-order valence-electron chi connectivity index (χ2n) is 6.62. The van der Waals surface area contributed by atoms with Crippen LogP contribution in [-0.2, 0) is 0 Å². The van der Waals surface area contributed by atoms with Crippen molar-refractivity contribution in [1.82, 2.24) is 15.2 Å².